The van der Waals surface area contributed by atoms with Crippen LogP contribution in [0.3, 0.4) is 0 Å². The van der Waals surface area contributed by atoms with Crippen LogP contribution in [0.25, 0.3) is 0 Å². The van der Waals surface area contributed by atoms with Crippen LogP contribution in [0.2, 0.25) is 0 Å². The fourth-order valence-electron chi connectivity index (χ4n) is 2.88. The number of carbonyl (C=O) groups is 1. The van der Waals surface area contributed by atoms with Gasteiger partial charge in [0.15, 0.2) is 0 Å². The summed E-state index contributed by atoms with van der Waals surface area (Å²) < 4.78 is 0. The van der Waals surface area contributed by atoms with Gasteiger partial charge in [-0.15, -0.1) is 0 Å². The summed E-state index contributed by atoms with van der Waals surface area (Å²) in [4.78, 5) is 16.0. The van der Waals surface area contributed by atoms with E-state index in [2.05, 4.69) is 34.3 Å². The molecule has 1 aliphatic heterocycles. The lowest BCUT2D eigenvalue weighted by molar-refractivity contribution is -0.140. The highest BCUT2D eigenvalue weighted by atomic mass is 16.4. The van der Waals surface area contributed by atoms with Crippen molar-refractivity contribution in [2.45, 2.75) is 19.0 Å². The van der Waals surface area contributed by atoms with Gasteiger partial charge in [-0.2, -0.15) is 0 Å². The van der Waals surface area contributed by atoms with Gasteiger partial charge in [0, 0.05) is 32.2 Å². The minimum atomic E-state index is -0.775. The van der Waals surface area contributed by atoms with Crippen LogP contribution in [0.15, 0.2) is 30.3 Å². The quantitative estimate of drug-likeness (QED) is 0.820. The largest absolute Gasteiger partial charge is 0.480 e. The third-order valence-corrected chi connectivity index (χ3v) is 4.04. The molecule has 2 rings (SSSR count). The Kier molecular flexibility index (Phi) is 5.73. The summed E-state index contributed by atoms with van der Waals surface area (Å²) in [5.41, 5.74) is 1.25. The molecule has 0 radical (unpaired) electrons. The van der Waals surface area contributed by atoms with E-state index in [9.17, 15) is 9.90 Å². The third kappa shape index (κ3) is 4.27. The summed E-state index contributed by atoms with van der Waals surface area (Å²) in [6, 6.07) is 10.1. The number of hydrogen-bond acceptors (Lipinski definition) is 4. The molecule has 2 atom stereocenters. The van der Waals surface area contributed by atoms with Crippen molar-refractivity contribution in [3.8, 4) is 0 Å². The molecule has 0 amide bonds. The SMILES string of the molecule is CCNC(CN1CCN(C)CC1c1ccccc1)C(=O)O. The molecule has 2 N–H and O–H groups in total. The summed E-state index contributed by atoms with van der Waals surface area (Å²) >= 11 is 0. The number of carboxylic acid groups (broad SMARTS) is 1. The van der Waals surface area contributed by atoms with Gasteiger partial charge in [0.2, 0.25) is 0 Å². The zero-order chi connectivity index (χ0) is 15.2. The number of benzene rings is 1. The lowest BCUT2D eigenvalue weighted by Crippen LogP contribution is -2.53. The van der Waals surface area contributed by atoms with Crippen LogP contribution < -0.4 is 5.32 Å². The third-order valence-electron chi connectivity index (χ3n) is 4.04. The lowest BCUT2D eigenvalue weighted by atomic mass is 10.0. The van der Waals surface area contributed by atoms with E-state index in [1.165, 1.54) is 5.56 Å². The Morgan fingerprint density at radius 2 is 2.10 bits per heavy atom. The van der Waals surface area contributed by atoms with E-state index >= 15 is 0 Å². The first-order chi connectivity index (χ1) is 10.1. The molecule has 21 heavy (non-hydrogen) atoms. The molecule has 1 aromatic rings. The molecule has 0 spiro atoms. The Balaban J connectivity index is 2.13. The van der Waals surface area contributed by atoms with Gasteiger partial charge in [-0.05, 0) is 19.2 Å². The van der Waals surface area contributed by atoms with Gasteiger partial charge in [-0.25, -0.2) is 0 Å². The average molecular weight is 291 g/mol. The van der Waals surface area contributed by atoms with Crippen LogP contribution in [-0.4, -0.2) is 66.7 Å². The maximum absolute atomic E-state index is 11.4. The molecule has 0 aliphatic carbocycles. The molecule has 1 saturated heterocycles. The lowest BCUT2D eigenvalue weighted by Gasteiger charge is -2.41. The molecule has 0 saturated carbocycles. The first-order valence-electron chi connectivity index (χ1n) is 7.55. The number of likely N-dealkylation sites (N-methyl/N-ethyl adjacent to an activating group) is 2. The highest BCUT2D eigenvalue weighted by molar-refractivity contribution is 5.73. The summed E-state index contributed by atoms with van der Waals surface area (Å²) in [5, 5.41) is 12.4. The van der Waals surface area contributed by atoms with Crippen molar-refractivity contribution in [2.75, 3.05) is 39.8 Å². The van der Waals surface area contributed by atoms with Gasteiger partial charge >= 0.3 is 5.97 Å². The van der Waals surface area contributed by atoms with Crippen molar-refractivity contribution in [3.63, 3.8) is 0 Å². The highest BCUT2D eigenvalue weighted by Crippen LogP contribution is 2.24. The summed E-state index contributed by atoms with van der Waals surface area (Å²) in [5.74, 6) is -0.775. The predicted molar refractivity (Wildman–Crippen MR) is 83.4 cm³/mol. The van der Waals surface area contributed by atoms with Crippen molar-refractivity contribution in [3.05, 3.63) is 35.9 Å². The number of carboxylic acids is 1. The maximum atomic E-state index is 11.4. The van der Waals surface area contributed by atoms with Gasteiger partial charge in [-0.3, -0.25) is 9.69 Å². The van der Waals surface area contributed by atoms with Crippen molar-refractivity contribution < 1.29 is 9.90 Å². The van der Waals surface area contributed by atoms with E-state index in [-0.39, 0.29) is 6.04 Å². The van der Waals surface area contributed by atoms with Crippen LogP contribution >= 0.6 is 0 Å². The van der Waals surface area contributed by atoms with Crippen LogP contribution in [0.4, 0.5) is 0 Å². The summed E-state index contributed by atoms with van der Waals surface area (Å²) in [6.07, 6.45) is 0. The van der Waals surface area contributed by atoms with Gasteiger partial charge < -0.3 is 15.3 Å². The van der Waals surface area contributed by atoms with E-state index < -0.39 is 12.0 Å². The molecule has 1 aromatic carbocycles. The van der Waals surface area contributed by atoms with Gasteiger partial charge in [0.25, 0.3) is 0 Å². The summed E-state index contributed by atoms with van der Waals surface area (Å²) in [6.45, 7) is 5.95. The zero-order valence-electron chi connectivity index (χ0n) is 12.8. The minimum absolute atomic E-state index is 0.255. The molecule has 1 heterocycles. The number of hydrogen-bond donors (Lipinski definition) is 2. The monoisotopic (exact) mass is 291 g/mol. The average Bonchev–Trinajstić information content (AvgIpc) is 2.49. The van der Waals surface area contributed by atoms with E-state index in [1.54, 1.807) is 0 Å². The second-order valence-corrected chi connectivity index (χ2v) is 5.63. The van der Waals surface area contributed by atoms with E-state index in [0.29, 0.717) is 13.1 Å². The fourth-order valence-corrected chi connectivity index (χ4v) is 2.88. The zero-order valence-corrected chi connectivity index (χ0v) is 12.8. The Labute approximate surface area is 126 Å². The molecule has 116 valence electrons. The number of nitrogens with one attached hydrogen (secondary N) is 1. The van der Waals surface area contributed by atoms with Gasteiger partial charge in [-0.1, -0.05) is 37.3 Å². The van der Waals surface area contributed by atoms with E-state index in [1.807, 2.05) is 25.1 Å². The molecule has 5 heteroatoms. The van der Waals surface area contributed by atoms with E-state index in [0.717, 1.165) is 19.6 Å². The molecular weight excluding hydrogens is 266 g/mol. The Morgan fingerprint density at radius 3 is 2.71 bits per heavy atom. The number of nitrogens with zero attached hydrogens (tertiary/aromatic N) is 2. The molecule has 2 unspecified atom stereocenters. The second-order valence-electron chi connectivity index (χ2n) is 5.63. The number of rotatable bonds is 6. The topological polar surface area (TPSA) is 55.8 Å². The van der Waals surface area contributed by atoms with E-state index in [4.69, 9.17) is 0 Å². The maximum Gasteiger partial charge on any atom is 0.322 e. The molecule has 5 nitrogen and oxygen atoms in total. The number of aliphatic carboxylic acids is 1. The van der Waals surface area contributed by atoms with Crippen molar-refractivity contribution in [1.29, 1.82) is 0 Å². The smallest absolute Gasteiger partial charge is 0.322 e. The van der Waals surface area contributed by atoms with Crippen LogP contribution in [0.5, 0.6) is 0 Å². The van der Waals surface area contributed by atoms with Gasteiger partial charge in [0.05, 0.1) is 0 Å². The van der Waals surface area contributed by atoms with Crippen LogP contribution in [0, 0.1) is 0 Å². The summed E-state index contributed by atoms with van der Waals surface area (Å²) in [7, 11) is 2.12. The Hall–Kier alpha value is -1.43. The molecule has 1 aliphatic rings. The van der Waals surface area contributed by atoms with Gasteiger partial charge in [0.1, 0.15) is 6.04 Å². The fraction of sp³-hybridized carbons (Fsp3) is 0.562. The minimum Gasteiger partial charge on any atom is -0.480 e. The molecular formula is C16H25N3O2. The van der Waals surface area contributed by atoms with Crippen molar-refractivity contribution in [1.82, 2.24) is 15.1 Å². The highest BCUT2D eigenvalue weighted by Gasteiger charge is 2.30. The predicted octanol–water partition coefficient (Wildman–Crippen LogP) is 1.04. The first kappa shape index (κ1) is 15.9. The standard InChI is InChI=1S/C16H25N3O2/c1-3-17-14(16(20)21)11-19-10-9-18(2)12-15(19)13-7-5-4-6-8-13/h4-8,14-15,17H,3,9-12H2,1-2H3,(H,20,21). The second kappa shape index (κ2) is 7.54. The van der Waals surface area contributed by atoms with Crippen molar-refractivity contribution in [2.24, 2.45) is 0 Å². The van der Waals surface area contributed by atoms with Crippen molar-refractivity contribution >= 4 is 5.97 Å². The normalized spacial score (nSPS) is 22.1. The molecule has 1 fully saturated rings. The molecule has 0 aromatic heterocycles. The Bertz CT molecular complexity index is 452. The first-order valence-corrected chi connectivity index (χ1v) is 7.55. The van der Waals surface area contributed by atoms with Crippen LogP contribution in [0.1, 0.15) is 18.5 Å². The molecule has 0 bridgehead atoms. The van der Waals surface area contributed by atoms with Crippen LogP contribution in [-0.2, 0) is 4.79 Å². The number of piperazine rings is 1. The Morgan fingerprint density at radius 1 is 1.38 bits per heavy atom.